The number of benzene rings is 1. The molecule has 0 aliphatic heterocycles. The molecular formula is C19H24N4O3S. The molecule has 7 nitrogen and oxygen atoms in total. The van der Waals surface area contributed by atoms with Crippen LogP contribution in [-0.2, 0) is 34.6 Å². The minimum Gasteiger partial charge on any atom is -0.361 e. The Kier molecular flexibility index (Phi) is 5.36. The largest absolute Gasteiger partial charge is 0.361 e. The normalized spacial score (nSPS) is 11.8. The van der Waals surface area contributed by atoms with Gasteiger partial charge in [0.1, 0.15) is 5.75 Å². The van der Waals surface area contributed by atoms with Gasteiger partial charge in [-0.15, -0.1) is 0 Å². The van der Waals surface area contributed by atoms with Gasteiger partial charge in [0.15, 0.2) is 9.84 Å². The number of aromatic nitrogens is 3. The molecule has 0 atom stereocenters. The Hall–Kier alpha value is -2.61. The number of H-pyrrole nitrogens is 1. The van der Waals surface area contributed by atoms with Crippen LogP contribution in [0.4, 0.5) is 0 Å². The minimum atomic E-state index is -3.39. The van der Waals surface area contributed by atoms with Crippen LogP contribution >= 0.6 is 0 Å². The van der Waals surface area contributed by atoms with E-state index in [-0.39, 0.29) is 0 Å². The molecule has 8 heteroatoms. The third-order valence-electron chi connectivity index (χ3n) is 4.52. The Bertz CT molecular complexity index is 1070. The van der Waals surface area contributed by atoms with Crippen molar-refractivity contribution >= 4 is 26.6 Å². The summed E-state index contributed by atoms with van der Waals surface area (Å²) in [5.41, 5.74) is 3.88. The van der Waals surface area contributed by atoms with Crippen LogP contribution in [0.2, 0.25) is 0 Å². The Balaban J connectivity index is 1.80. The maximum atomic E-state index is 12.6. The first kappa shape index (κ1) is 19.2. The van der Waals surface area contributed by atoms with Gasteiger partial charge in [0, 0.05) is 36.9 Å². The molecule has 0 aliphatic carbocycles. The molecule has 3 aromatic rings. The Labute approximate surface area is 158 Å². The fraction of sp³-hybridized carbons (Fsp3) is 0.368. The van der Waals surface area contributed by atoms with Gasteiger partial charge < -0.3 is 9.88 Å². The number of nitrogens with zero attached hydrogens (tertiary/aromatic N) is 3. The molecular weight excluding hydrogens is 364 g/mol. The van der Waals surface area contributed by atoms with E-state index in [0.29, 0.717) is 19.5 Å². The van der Waals surface area contributed by atoms with Gasteiger partial charge in [0.2, 0.25) is 5.91 Å². The molecule has 0 unspecified atom stereocenters. The van der Waals surface area contributed by atoms with Crippen molar-refractivity contribution in [3.05, 3.63) is 53.5 Å². The summed E-state index contributed by atoms with van der Waals surface area (Å²) in [6.45, 7) is 2.65. The number of carbonyl (C=O) groups excluding carboxylic acids is 1. The van der Waals surface area contributed by atoms with Crippen LogP contribution in [0.5, 0.6) is 0 Å². The number of aromatic amines is 1. The predicted octanol–water partition coefficient (Wildman–Crippen LogP) is 1.83. The number of nitrogens with one attached hydrogen (secondary N) is 1. The molecule has 1 amide bonds. The van der Waals surface area contributed by atoms with Gasteiger partial charge in [-0.2, -0.15) is 5.10 Å². The number of aryl methyl sites for hydroxylation is 2. The van der Waals surface area contributed by atoms with Gasteiger partial charge in [-0.3, -0.25) is 9.48 Å². The number of para-hydroxylation sites is 1. The van der Waals surface area contributed by atoms with Crippen molar-refractivity contribution in [1.29, 1.82) is 0 Å². The van der Waals surface area contributed by atoms with Crippen LogP contribution in [-0.4, -0.2) is 52.5 Å². The highest BCUT2D eigenvalue weighted by molar-refractivity contribution is 7.91. The highest BCUT2D eigenvalue weighted by atomic mass is 32.2. The lowest BCUT2D eigenvalue weighted by Crippen LogP contribution is -2.37. The first-order valence-electron chi connectivity index (χ1n) is 8.73. The number of rotatable bonds is 7. The van der Waals surface area contributed by atoms with Crippen molar-refractivity contribution in [2.75, 3.05) is 18.6 Å². The number of hydrogen-bond acceptors (Lipinski definition) is 4. The van der Waals surface area contributed by atoms with E-state index in [0.717, 1.165) is 34.1 Å². The standard InChI is InChI=1S/C19H24N4O3S/c1-14-10-16(22(2)21-14)12-23(19(24)13-27(3,25)26)9-8-15-11-20-18-7-5-4-6-17(15)18/h4-7,10-11,20H,8-9,12-13H2,1-3H3. The molecule has 2 aromatic heterocycles. The van der Waals surface area contributed by atoms with Crippen molar-refractivity contribution < 1.29 is 13.2 Å². The summed E-state index contributed by atoms with van der Waals surface area (Å²) in [6.07, 6.45) is 3.66. The highest BCUT2D eigenvalue weighted by Crippen LogP contribution is 2.19. The fourth-order valence-corrected chi connectivity index (χ4v) is 3.84. The summed E-state index contributed by atoms with van der Waals surface area (Å²) in [4.78, 5) is 17.4. The van der Waals surface area contributed by atoms with E-state index in [1.807, 2.05) is 50.5 Å². The first-order valence-corrected chi connectivity index (χ1v) is 10.8. The Morgan fingerprint density at radius 1 is 1.30 bits per heavy atom. The third-order valence-corrected chi connectivity index (χ3v) is 5.29. The van der Waals surface area contributed by atoms with Gasteiger partial charge in [0.05, 0.1) is 17.9 Å². The molecule has 0 saturated carbocycles. The van der Waals surface area contributed by atoms with Gasteiger partial charge in [0.25, 0.3) is 0 Å². The summed E-state index contributed by atoms with van der Waals surface area (Å²) < 4.78 is 24.9. The summed E-state index contributed by atoms with van der Waals surface area (Å²) in [6, 6.07) is 9.89. The molecule has 1 N–H and O–H groups in total. The first-order chi connectivity index (χ1) is 12.7. The van der Waals surface area contributed by atoms with Gasteiger partial charge in [-0.1, -0.05) is 18.2 Å². The van der Waals surface area contributed by atoms with Crippen LogP contribution < -0.4 is 0 Å². The van der Waals surface area contributed by atoms with Crippen LogP contribution in [0.25, 0.3) is 10.9 Å². The minimum absolute atomic E-state index is 0.327. The van der Waals surface area contributed by atoms with Gasteiger partial charge in [-0.25, -0.2) is 8.42 Å². The number of hydrogen-bond donors (Lipinski definition) is 1. The monoisotopic (exact) mass is 388 g/mol. The molecule has 0 aliphatic rings. The zero-order valence-electron chi connectivity index (χ0n) is 15.8. The lowest BCUT2D eigenvalue weighted by atomic mass is 10.1. The van der Waals surface area contributed by atoms with Crippen molar-refractivity contribution in [1.82, 2.24) is 19.7 Å². The van der Waals surface area contributed by atoms with E-state index in [1.54, 1.807) is 9.58 Å². The molecule has 0 spiro atoms. The summed E-state index contributed by atoms with van der Waals surface area (Å²) in [5, 5.41) is 5.42. The van der Waals surface area contributed by atoms with Crippen molar-refractivity contribution in [2.45, 2.75) is 19.9 Å². The molecule has 1 aromatic carbocycles. The van der Waals surface area contributed by atoms with Crippen molar-refractivity contribution in [3.8, 4) is 0 Å². The van der Waals surface area contributed by atoms with Crippen molar-refractivity contribution in [2.24, 2.45) is 7.05 Å². The topological polar surface area (TPSA) is 88.1 Å². The fourth-order valence-electron chi connectivity index (χ4n) is 3.21. The molecule has 144 valence electrons. The molecule has 2 heterocycles. The van der Waals surface area contributed by atoms with E-state index in [2.05, 4.69) is 10.1 Å². The molecule has 0 radical (unpaired) electrons. The molecule has 27 heavy (non-hydrogen) atoms. The third kappa shape index (κ3) is 4.77. The summed E-state index contributed by atoms with van der Waals surface area (Å²) >= 11 is 0. The van der Waals surface area contributed by atoms with E-state index in [1.165, 1.54) is 0 Å². The molecule has 0 fully saturated rings. The van der Waals surface area contributed by atoms with E-state index in [9.17, 15) is 13.2 Å². The second-order valence-electron chi connectivity index (χ2n) is 6.90. The molecule has 0 saturated heterocycles. The average Bonchev–Trinajstić information content (AvgIpc) is 3.12. The Morgan fingerprint density at radius 3 is 2.70 bits per heavy atom. The highest BCUT2D eigenvalue weighted by Gasteiger charge is 2.20. The van der Waals surface area contributed by atoms with E-state index in [4.69, 9.17) is 0 Å². The van der Waals surface area contributed by atoms with Crippen LogP contribution in [0.1, 0.15) is 17.0 Å². The molecule has 0 bridgehead atoms. The van der Waals surface area contributed by atoms with Gasteiger partial charge >= 0.3 is 0 Å². The quantitative estimate of drug-likeness (QED) is 0.669. The average molecular weight is 388 g/mol. The second-order valence-corrected chi connectivity index (χ2v) is 9.04. The number of carbonyl (C=O) groups is 1. The number of amides is 1. The summed E-state index contributed by atoms with van der Waals surface area (Å²) in [5.74, 6) is -0.881. The van der Waals surface area contributed by atoms with Crippen LogP contribution in [0, 0.1) is 6.92 Å². The van der Waals surface area contributed by atoms with Crippen molar-refractivity contribution in [3.63, 3.8) is 0 Å². The van der Waals surface area contributed by atoms with Crippen LogP contribution in [0.15, 0.2) is 36.5 Å². The van der Waals surface area contributed by atoms with Crippen LogP contribution in [0.3, 0.4) is 0 Å². The molecule has 3 rings (SSSR count). The number of sulfone groups is 1. The van der Waals surface area contributed by atoms with Gasteiger partial charge in [-0.05, 0) is 31.0 Å². The van der Waals surface area contributed by atoms with E-state index >= 15 is 0 Å². The number of fused-ring (bicyclic) bond motifs is 1. The Morgan fingerprint density at radius 2 is 2.04 bits per heavy atom. The zero-order chi connectivity index (χ0) is 19.6. The maximum absolute atomic E-state index is 12.6. The van der Waals surface area contributed by atoms with E-state index < -0.39 is 21.5 Å². The predicted molar refractivity (Wildman–Crippen MR) is 105 cm³/mol. The maximum Gasteiger partial charge on any atom is 0.238 e. The smallest absolute Gasteiger partial charge is 0.238 e. The second kappa shape index (κ2) is 7.56. The lowest BCUT2D eigenvalue weighted by molar-refractivity contribution is -0.129. The zero-order valence-corrected chi connectivity index (χ0v) is 16.6. The lowest BCUT2D eigenvalue weighted by Gasteiger charge is -2.22. The summed E-state index contributed by atoms with van der Waals surface area (Å²) in [7, 11) is -1.57. The SMILES string of the molecule is Cc1cc(CN(CCc2c[nH]c3ccccc23)C(=O)CS(C)(=O)=O)n(C)n1.